The maximum Gasteiger partial charge on any atom is 0.0872 e. The molecule has 1 N–H and O–H groups in total. The number of ether oxygens (including phenoxy) is 1. The third-order valence-electron chi connectivity index (χ3n) is 5.20. The van der Waals surface area contributed by atoms with E-state index in [2.05, 4.69) is 25.2 Å². The highest BCUT2D eigenvalue weighted by Gasteiger charge is 2.41. The molecule has 1 saturated carbocycles. The highest BCUT2D eigenvalue weighted by molar-refractivity contribution is 5.19. The van der Waals surface area contributed by atoms with Crippen LogP contribution in [0.25, 0.3) is 0 Å². The van der Waals surface area contributed by atoms with Crippen LogP contribution in [0.3, 0.4) is 0 Å². The van der Waals surface area contributed by atoms with Crippen LogP contribution in [0.15, 0.2) is 11.6 Å². The van der Waals surface area contributed by atoms with Crippen LogP contribution in [0.1, 0.15) is 84.5 Å². The zero-order valence-electron chi connectivity index (χ0n) is 14.3. The van der Waals surface area contributed by atoms with Crippen LogP contribution in [0.4, 0.5) is 0 Å². The molecule has 0 aliphatic heterocycles. The van der Waals surface area contributed by atoms with Crippen molar-refractivity contribution in [3.8, 4) is 0 Å². The van der Waals surface area contributed by atoms with Crippen LogP contribution in [0.2, 0.25) is 0 Å². The van der Waals surface area contributed by atoms with E-state index < -0.39 is 0 Å². The average Bonchev–Trinajstić information content (AvgIpc) is 2.78. The molecule has 21 heavy (non-hydrogen) atoms. The van der Waals surface area contributed by atoms with Crippen molar-refractivity contribution in [2.24, 2.45) is 0 Å². The smallest absolute Gasteiger partial charge is 0.0872 e. The average molecular weight is 293 g/mol. The molecular weight excluding hydrogens is 258 g/mol. The molecular formula is C19H35NO. The molecule has 0 amide bonds. The molecule has 2 nitrogen and oxygen atoms in total. The van der Waals surface area contributed by atoms with Gasteiger partial charge >= 0.3 is 0 Å². The SMILES string of the molecule is CCCNC(C1=CCCCCC1)C1(OCC)CCCCC1. The van der Waals surface area contributed by atoms with Gasteiger partial charge in [0.2, 0.25) is 0 Å². The molecule has 2 heteroatoms. The van der Waals surface area contributed by atoms with Gasteiger partial charge in [0.15, 0.2) is 0 Å². The van der Waals surface area contributed by atoms with E-state index in [4.69, 9.17) is 4.74 Å². The fraction of sp³-hybridized carbons (Fsp3) is 0.895. The largest absolute Gasteiger partial charge is 0.373 e. The number of nitrogens with one attached hydrogen (secondary N) is 1. The highest BCUT2D eigenvalue weighted by atomic mass is 16.5. The van der Waals surface area contributed by atoms with Crippen molar-refractivity contribution >= 4 is 0 Å². The number of allylic oxidation sites excluding steroid dienone is 1. The van der Waals surface area contributed by atoms with Crippen LogP contribution in [-0.4, -0.2) is 24.8 Å². The Kier molecular flexibility index (Phi) is 7.25. The molecule has 2 rings (SSSR count). The summed E-state index contributed by atoms with van der Waals surface area (Å²) in [6, 6.07) is 0.454. The van der Waals surface area contributed by atoms with Crippen molar-refractivity contribution in [2.75, 3.05) is 13.2 Å². The number of hydrogen-bond donors (Lipinski definition) is 1. The molecule has 1 fully saturated rings. The minimum atomic E-state index is 0.0678. The Bertz CT molecular complexity index is 312. The molecule has 0 bridgehead atoms. The van der Waals surface area contributed by atoms with Crippen molar-refractivity contribution in [2.45, 2.75) is 96.1 Å². The molecule has 0 aromatic carbocycles. The first-order valence-corrected chi connectivity index (χ1v) is 9.38. The summed E-state index contributed by atoms with van der Waals surface area (Å²) >= 11 is 0. The van der Waals surface area contributed by atoms with Crippen molar-refractivity contribution in [3.05, 3.63) is 11.6 Å². The van der Waals surface area contributed by atoms with Crippen LogP contribution in [0, 0.1) is 0 Å². The lowest BCUT2D eigenvalue weighted by Crippen LogP contribution is -2.55. The van der Waals surface area contributed by atoms with Crippen molar-refractivity contribution in [1.82, 2.24) is 5.32 Å². The Morgan fingerprint density at radius 2 is 1.86 bits per heavy atom. The summed E-state index contributed by atoms with van der Waals surface area (Å²) in [7, 11) is 0. The van der Waals surface area contributed by atoms with Crippen LogP contribution < -0.4 is 5.32 Å². The van der Waals surface area contributed by atoms with E-state index in [1.165, 1.54) is 70.6 Å². The number of rotatable bonds is 7. The summed E-state index contributed by atoms with van der Waals surface area (Å²) in [5.74, 6) is 0. The molecule has 0 saturated heterocycles. The molecule has 0 spiro atoms. The van der Waals surface area contributed by atoms with Crippen molar-refractivity contribution < 1.29 is 4.74 Å². The molecule has 0 radical (unpaired) electrons. The van der Waals surface area contributed by atoms with Crippen LogP contribution in [0.5, 0.6) is 0 Å². The molecule has 0 aromatic rings. The van der Waals surface area contributed by atoms with Gasteiger partial charge in [-0.1, -0.05) is 44.3 Å². The molecule has 0 aromatic heterocycles. The minimum absolute atomic E-state index is 0.0678. The van der Waals surface area contributed by atoms with Gasteiger partial charge in [0.05, 0.1) is 11.6 Å². The van der Waals surface area contributed by atoms with E-state index in [-0.39, 0.29) is 5.60 Å². The van der Waals surface area contributed by atoms with Gasteiger partial charge in [-0.15, -0.1) is 0 Å². The van der Waals surface area contributed by atoms with Gasteiger partial charge in [-0.3, -0.25) is 0 Å². The van der Waals surface area contributed by atoms with E-state index in [1.54, 1.807) is 5.57 Å². The van der Waals surface area contributed by atoms with Gasteiger partial charge in [0, 0.05) is 6.61 Å². The van der Waals surface area contributed by atoms with Gasteiger partial charge in [-0.25, -0.2) is 0 Å². The van der Waals surface area contributed by atoms with Gasteiger partial charge < -0.3 is 10.1 Å². The lowest BCUT2D eigenvalue weighted by Gasteiger charge is -2.45. The van der Waals surface area contributed by atoms with Gasteiger partial charge in [-0.2, -0.15) is 0 Å². The summed E-state index contributed by atoms with van der Waals surface area (Å²) in [6.45, 7) is 6.38. The second-order valence-corrected chi connectivity index (χ2v) is 6.82. The predicted molar refractivity (Wildman–Crippen MR) is 90.7 cm³/mol. The van der Waals surface area contributed by atoms with Gasteiger partial charge in [-0.05, 0) is 58.4 Å². The zero-order valence-corrected chi connectivity index (χ0v) is 14.3. The molecule has 122 valence electrons. The summed E-state index contributed by atoms with van der Waals surface area (Å²) in [6.07, 6.45) is 16.9. The molecule has 2 aliphatic carbocycles. The fourth-order valence-corrected chi connectivity index (χ4v) is 4.20. The predicted octanol–water partition coefficient (Wildman–Crippen LogP) is 4.98. The fourth-order valence-electron chi connectivity index (χ4n) is 4.20. The molecule has 2 aliphatic rings. The van der Waals surface area contributed by atoms with Crippen molar-refractivity contribution in [1.29, 1.82) is 0 Å². The monoisotopic (exact) mass is 293 g/mol. The lowest BCUT2D eigenvalue weighted by atomic mass is 9.75. The Morgan fingerprint density at radius 1 is 1.10 bits per heavy atom. The normalized spacial score (nSPS) is 24.2. The lowest BCUT2D eigenvalue weighted by molar-refractivity contribution is -0.0824. The Hall–Kier alpha value is -0.340. The zero-order chi connectivity index (χ0) is 15.0. The first-order valence-electron chi connectivity index (χ1n) is 9.38. The molecule has 0 heterocycles. The van der Waals surface area contributed by atoms with Crippen LogP contribution in [-0.2, 0) is 4.74 Å². The molecule has 1 unspecified atom stereocenters. The van der Waals surface area contributed by atoms with E-state index in [9.17, 15) is 0 Å². The standard InChI is InChI=1S/C19H35NO/c1-3-16-20-18(17-12-8-5-6-9-13-17)19(21-4-2)14-10-7-11-15-19/h12,18,20H,3-11,13-16H2,1-2H3. The maximum atomic E-state index is 6.42. The summed E-state index contributed by atoms with van der Waals surface area (Å²) in [5.41, 5.74) is 1.72. The van der Waals surface area contributed by atoms with Gasteiger partial charge in [0.25, 0.3) is 0 Å². The van der Waals surface area contributed by atoms with E-state index >= 15 is 0 Å². The Balaban J connectivity index is 2.20. The second-order valence-electron chi connectivity index (χ2n) is 6.82. The summed E-state index contributed by atoms with van der Waals surface area (Å²) < 4.78 is 6.42. The first kappa shape index (κ1) is 17.0. The Morgan fingerprint density at radius 3 is 2.57 bits per heavy atom. The Labute approximate surface area is 131 Å². The van der Waals surface area contributed by atoms with Gasteiger partial charge in [0.1, 0.15) is 0 Å². The first-order chi connectivity index (χ1) is 10.3. The summed E-state index contributed by atoms with van der Waals surface area (Å²) in [5, 5.41) is 3.87. The quantitative estimate of drug-likeness (QED) is 0.668. The molecule has 1 atom stereocenters. The second kappa shape index (κ2) is 8.95. The van der Waals surface area contributed by atoms with E-state index in [0.717, 1.165) is 13.2 Å². The topological polar surface area (TPSA) is 21.3 Å². The van der Waals surface area contributed by atoms with Crippen LogP contribution >= 0.6 is 0 Å². The minimum Gasteiger partial charge on any atom is -0.373 e. The van der Waals surface area contributed by atoms with E-state index in [0.29, 0.717) is 6.04 Å². The van der Waals surface area contributed by atoms with E-state index in [1.807, 2.05) is 0 Å². The number of hydrogen-bond acceptors (Lipinski definition) is 2. The maximum absolute atomic E-state index is 6.42. The summed E-state index contributed by atoms with van der Waals surface area (Å²) in [4.78, 5) is 0. The third kappa shape index (κ3) is 4.56. The third-order valence-corrected chi connectivity index (χ3v) is 5.20. The highest BCUT2D eigenvalue weighted by Crippen LogP contribution is 2.39. The van der Waals surface area contributed by atoms with Crippen molar-refractivity contribution in [3.63, 3.8) is 0 Å².